The number of hydrogen-bond acceptors (Lipinski definition) is 5. The molecule has 3 aliphatic rings. The molecule has 5 atom stereocenters. The Balaban J connectivity index is 1.63. The first-order chi connectivity index (χ1) is 14.8. The van der Waals surface area contributed by atoms with Gasteiger partial charge < -0.3 is 25.0 Å². The molecule has 2 saturated heterocycles. The zero-order valence-corrected chi connectivity index (χ0v) is 17.7. The molecule has 162 valence electrons. The molecule has 1 aromatic carbocycles. The van der Waals surface area contributed by atoms with E-state index in [-0.39, 0.29) is 30.8 Å². The van der Waals surface area contributed by atoms with Crippen LogP contribution in [0.2, 0.25) is 0 Å². The van der Waals surface area contributed by atoms with Gasteiger partial charge in [0, 0.05) is 13.6 Å². The minimum Gasteiger partial charge on any atom is -0.497 e. The number of nitrogens with zero attached hydrogens (tertiary/aromatic N) is 1. The summed E-state index contributed by atoms with van der Waals surface area (Å²) in [4.78, 5) is 40.7. The first-order valence-corrected chi connectivity index (χ1v) is 10.1. The van der Waals surface area contributed by atoms with E-state index in [1.54, 1.807) is 38.3 Å². The molecular weight excluding hydrogens is 398 g/mol. The fourth-order valence-corrected chi connectivity index (χ4v) is 5.08. The summed E-state index contributed by atoms with van der Waals surface area (Å²) in [6.07, 6.45) is 9.02. The molecule has 2 N–H and O–H groups in total. The van der Waals surface area contributed by atoms with Crippen molar-refractivity contribution in [3.63, 3.8) is 0 Å². The molecule has 2 fully saturated rings. The van der Waals surface area contributed by atoms with Crippen molar-refractivity contribution in [1.82, 2.24) is 15.5 Å². The van der Waals surface area contributed by atoms with E-state index in [0.29, 0.717) is 5.75 Å². The van der Waals surface area contributed by atoms with Crippen LogP contribution in [0.1, 0.15) is 12.5 Å². The molecule has 31 heavy (non-hydrogen) atoms. The van der Waals surface area contributed by atoms with E-state index in [0.717, 1.165) is 5.56 Å². The summed E-state index contributed by atoms with van der Waals surface area (Å²) >= 11 is 0. The molecule has 3 aliphatic heterocycles. The first kappa shape index (κ1) is 20.9. The summed E-state index contributed by atoms with van der Waals surface area (Å²) in [5.74, 6) is 0.593. The number of carbonyl (C=O) groups excluding carboxylic acids is 3. The van der Waals surface area contributed by atoms with Gasteiger partial charge in [0.05, 0.1) is 31.1 Å². The number of nitrogens with one attached hydrogen (secondary N) is 2. The van der Waals surface area contributed by atoms with Gasteiger partial charge in [-0.25, -0.2) is 0 Å². The van der Waals surface area contributed by atoms with Crippen LogP contribution in [0.15, 0.2) is 36.4 Å². The van der Waals surface area contributed by atoms with Crippen LogP contribution in [-0.4, -0.2) is 60.6 Å². The SMILES string of the molecule is C#CCN1C(=O)[C@@H]2[C@H](C(=O)NC)[C@]3(C)C=C[C@]2(O3)[C@H]1C(=O)NCc1ccc(OC)cc1. The van der Waals surface area contributed by atoms with Gasteiger partial charge in [0.15, 0.2) is 0 Å². The van der Waals surface area contributed by atoms with Crippen LogP contribution in [0.25, 0.3) is 0 Å². The largest absolute Gasteiger partial charge is 0.497 e. The van der Waals surface area contributed by atoms with Crippen LogP contribution in [0.4, 0.5) is 0 Å². The Kier molecular flexibility index (Phi) is 5.02. The molecule has 0 saturated carbocycles. The van der Waals surface area contributed by atoms with Gasteiger partial charge in [-0.15, -0.1) is 6.42 Å². The van der Waals surface area contributed by atoms with Crippen molar-refractivity contribution in [1.29, 1.82) is 0 Å². The summed E-state index contributed by atoms with van der Waals surface area (Å²) in [6.45, 7) is 1.98. The lowest BCUT2D eigenvalue weighted by Gasteiger charge is -2.32. The van der Waals surface area contributed by atoms with Crippen LogP contribution in [0.5, 0.6) is 5.75 Å². The van der Waals surface area contributed by atoms with Crippen molar-refractivity contribution >= 4 is 17.7 Å². The van der Waals surface area contributed by atoms with Crippen LogP contribution in [-0.2, 0) is 25.7 Å². The predicted octanol–water partition coefficient (Wildman–Crippen LogP) is 0.231. The number of likely N-dealkylation sites (tertiary alicyclic amines) is 1. The van der Waals surface area contributed by atoms with Crippen LogP contribution >= 0.6 is 0 Å². The minimum atomic E-state index is -1.23. The second-order valence-corrected chi connectivity index (χ2v) is 8.18. The monoisotopic (exact) mass is 423 g/mol. The van der Waals surface area contributed by atoms with E-state index >= 15 is 0 Å². The molecule has 8 heteroatoms. The van der Waals surface area contributed by atoms with Gasteiger partial charge in [-0.3, -0.25) is 14.4 Å². The molecule has 0 radical (unpaired) electrons. The van der Waals surface area contributed by atoms with Crippen molar-refractivity contribution in [3.05, 3.63) is 42.0 Å². The molecule has 0 aromatic heterocycles. The maximum absolute atomic E-state index is 13.3. The highest BCUT2D eigenvalue weighted by atomic mass is 16.5. The fraction of sp³-hybridized carbons (Fsp3) is 0.435. The third-order valence-corrected chi connectivity index (χ3v) is 6.46. The van der Waals surface area contributed by atoms with E-state index in [1.165, 1.54) is 11.9 Å². The van der Waals surface area contributed by atoms with Gasteiger partial charge in [0.2, 0.25) is 17.7 Å². The maximum atomic E-state index is 13.3. The summed E-state index contributed by atoms with van der Waals surface area (Å²) in [5, 5.41) is 5.51. The standard InChI is InChI=1S/C23H25N3O5/c1-5-12-26-18(20(28)25-13-14-6-8-15(30-4)9-7-14)23-11-10-22(2,31-23)16(19(27)24-3)17(23)21(26)29/h1,6-11,16-18H,12-13H2,2-4H3,(H,24,27)(H,25,28)/t16-,17+,18-,22+,23-/m1/s1. The molecule has 0 aliphatic carbocycles. The zero-order valence-electron chi connectivity index (χ0n) is 17.7. The number of fused-ring (bicyclic) bond motifs is 1. The van der Waals surface area contributed by atoms with E-state index < -0.39 is 29.1 Å². The van der Waals surface area contributed by atoms with E-state index in [2.05, 4.69) is 16.6 Å². The number of rotatable bonds is 6. The highest BCUT2D eigenvalue weighted by Gasteiger charge is 2.75. The summed E-state index contributed by atoms with van der Waals surface area (Å²) in [7, 11) is 3.10. The van der Waals surface area contributed by atoms with Crippen molar-refractivity contribution in [2.75, 3.05) is 20.7 Å². The predicted molar refractivity (Wildman–Crippen MR) is 112 cm³/mol. The van der Waals surface area contributed by atoms with Crippen molar-refractivity contribution < 1.29 is 23.9 Å². The second-order valence-electron chi connectivity index (χ2n) is 8.18. The van der Waals surface area contributed by atoms with Gasteiger partial charge in [-0.2, -0.15) is 0 Å². The third kappa shape index (κ3) is 3.00. The Morgan fingerprint density at radius 2 is 1.97 bits per heavy atom. The lowest BCUT2D eigenvalue weighted by Crippen LogP contribution is -2.54. The Hall–Kier alpha value is -3.31. The van der Waals surface area contributed by atoms with Crippen molar-refractivity contribution in [3.8, 4) is 18.1 Å². The molecule has 1 aromatic rings. The van der Waals surface area contributed by atoms with Crippen LogP contribution in [0.3, 0.4) is 0 Å². The van der Waals surface area contributed by atoms with Crippen molar-refractivity contribution in [2.24, 2.45) is 11.8 Å². The molecule has 1 spiro atoms. The normalized spacial score (nSPS) is 32.5. The molecule has 3 heterocycles. The average molecular weight is 423 g/mol. The maximum Gasteiger partial charge on any atom is 0.246 e. The Morgan fingerprint density at radius 1 is 1.26 bits per heavy atom. The minimum absolute atomic E-state index is 0.0495. The van der Waals surface area contributed by atoms with Crippen molar-refractivity contribution in [2.45, 2.75) is 30.7 Å². The number of methoxy groups -OCH3 is 1. The number of hydrogen-bond donors (Lipinski definition) is 2. The smallest absolute Gasteiger partial charge is 0.246 e. The number of amides is 3. The first-order valence-electron chi connectivity index (χ1n) is 10.1. The van der Waals surface area contributed by atoms with E-state index in [4.69, 9.17) is 15.9 Å². The number of carbonyl (C=O) groups is 3. The Bertz CT molecular complexity index is 997. The Morgan fingerprint density at radius 3 is 2.58 bits per heavy atom. The zero-order chi connectivity index (χ0) is 22.4. The molecule has 2 bridgehead atoms. The van der Waals surface area contributed by atoms with Gasteiger partial charge in [0.25, 0.3) is 0 Å². The molecule has 0 unspecified atom stereocenters. The molecule has 4 rings (SSSR count). The fourth-order valence-electron chi connectivity index (χ4n) is 5.08. The second kappa shape index (κ2) is 7.43. The quantitative estimate of drug-likeness (QED) is 0.505. The van der Waals surface area contributed by atoms with E-state index in [9.17, 15) is 14.4 Å². The van der Waals surface area contributed by atoms with Gasteiger partial charge in [0.1, 0.15) is 17.4 Å². The molecule has 3 amide bonds. The van der Waals surface area contributed by atoms with Gasteiger partial charge >= 0.3 is 0 Å². The Labute approximate surface area is 180 Å². The third-order valence-electron chi connectivity index (χ3n) is 6.46. The van der Waals surface area contributed by atoms with E-state index in [1.807, 2.05) is 12.1 Å². The van der Waals surface area contributed by atoms with Crippen LogP contribution in [0, 0.1) is 24.2 Å². The summed E-state index contributed by atoms with van der Waals surface area (Å²) in [5.41, 5.74) is -1.32. The summed E-state index contributed by atoms with van der Waals surface area (Å²) in [6, 6.07) is 6.34. The number of benzene rings is 1. The highest BCUT2D eigenvalue weighted by molar-refractivity contribution is 6.00. The van der Waals surface area contributed by atoms with Crippen LogP contribution < -0.4 is 15.4 Å². The number of ether oxygens (including phenoxy) is 2. The lowest BCUT2D eigenvalue weighted by molar-refractivity contribution is -0.144. The van der Waals surface area contributed by atoms with Gasteiger partial charge in [-0.05, 0) is 24.6 Å². The van der Waals surface area contributed by atoms with Gasteiger partial charge in [-0.1, -0.05) is 30.2 Å². The topological polar surface area (TPSA) is 97.0 Å². The summed E-state index contributed by atoms with van der Waals surface area (Å²) < 4.78 is 11.4. The molecular formula is C23H25N3O5. The average Bonchev–Trinajstić information content (AvgIpc) is 3.33. The highest BCUT2D eigenvalue weighted by Crippen LogP contribution is 2.59. The lowest BCUT2D eigenvalue weighted by atomic mass is 9.70. The molecule has 8 nitrogen and oxygen atoms in total. The number of terminal acetylenes is 1.